The second-order valence-electron chi connectivity index (χ2n) is 5.02. The second kappa shape index (κ2) is 6.21. The predicted octanol–water partition coefficient (Wildman–Crippen LogP) is 2.54. The molecule has 2 N–H and O–H groups in total. The zero-order chi connectivity index (χ0) is 15.3. The number of anilines is 1. The van der Waals surface area contributed by atoms with Gasteiger partial charge >= 0.3 is 6.03 Å². The summed E-state index contributed by atoms with van der Waals surface area (Å²) in [6.45, 7) is 3.84. The number of methoxy groups -OCH3 is 1. The number of carbonyl (C=O) groups is 1. The molecule has 2 amide bonds. The van der Waals surface area contributed by atoms with Gasteiger partial charge in [-0.2, -0.15) is 0 Å². The first kappa shape index (κ1) is 14.8. The molecule has 0 unspecified atom stereocenters. The Balaban J connectivity index is 2.03. The Bertz CT molecular complexity index is 597. The topological polar surface area (TPSA) is 76.1 Å². The molecule has 0 atom stereocenters. The lowest BCUT2D eigenvalue weighted by Crippen LogP contribution is -2.43. The largest absolute Gasteiger partial charge is 0.497 e. The fraction of sp³-hybridized carbons (Fsp3) is 0.267. The van der Waals surface area contributed by atoms with Crippen molar-refractivity contribution in [3.8, 4) is 5.75 Å². The van der Waals surface area contributed by atoms with Gasteiger partial charge in [-0.3, -0.25) is 10.3 Å². The van der Waals surface area contributed by atoms with Crippen LogP contribution in [0.2, 0.25) is 0 Å². The lowest BCUT2D eigenvalue weighted by atomic mass is 9.94. The van der Waals surface area contributed by atoms with Crippen LogP contribution in [0.4, 0.5) is 10.6 Å². The molecule has 2 rings (SSSR count). The van der Waals surface area contributed by atoms with E-state index in [1.54, 1.807) is 13.3 Å². The van der Waals surface area contributed by atoms with Gasteiger partial charge in [0.15, 0.2) is 5.82 Å². The van der Waals surface area contributed by atoms with Gasteiger partial charge in [0, 0.05) is 12.4 Å². The third-order valence-corrected chi connectivity index (χ3v) is 3.04. The monoisotopic (exact) mass is 286 g/mol. The summed E-state index contributed by atoms with van der Waals surface area (Å²) >= 11 is 0. The van der Waals surface area contributed by atoms with Gasteiger partial charge in [-0.05, 0) is 31.5 Å². The SMILES string of the molecule is COc1ccc(C(C)(C)NC(=O)Nc2cnccn2)cc1. The normalized spacial score (nSPS) is 10.8. The Labute approximate surface area is 123 Å². The number of rotatable bonds is 4. The minimum atomic E-state index is -0.529. The first-order valence-corrected chi connectivity index (χ1v) is 6.51. The van der Waals surface area contributed by atoms with E-state index < -0.39 is 5.54 Å². The predicted molar refractivity (Wildman–Crippen MR) is 80.2 cm³/mol. The van der Waals surface area contributed by atoms with E-state index in [1.807, 2.05) is 38.1 Å². The Kier molecular flexibility index (Phi) is 4.37. The molecular weight excluding hydrogens is 268 g/mol. The van der Waals surface area contributed by atoms with Gasteiger partial charge in [-0.25, -0.2) is 9.78 Å². The van der Waals surface area contributed by atoms with Crippen LogP contribution >= 0.6 is 0 Å². The molecular formula is C15H18N4O2. The Morgan fingerprint density at radius 3 is 2.48 bits per heavy atom. The molecule has 110 valence electrons. The molecule has 1 aromatic heterocycles. The summed E-state index contributed by atoms with van der Waals surface area (Å²) in [7, 11) is 1.62. The molecule has 6 nitrogen and oxygen atoms in total. The summed E-state index contributed by atoms with van der Waals surface area (Å²) in [6.07, 6.45) is 4.55. The van der Waals surface area contributed by atoms with E-state index in [9.17, 15) is 4.79 Å². The van der Waals surface area contributed by atoms with E-state index in [0.717, 1.165) is 11.3 Å². The Hall–Kier alpha value is -2.63. The summed E-state index contributed by atoms with van der Waals surface area (Å²) in [5.41, 5.74) is 0.441. The van der Waals surface area contributed by atoms with Gasteiger partial charge in [0.05, 0.1) is 18.8 Å². The van der Waals surface area contributed by atoms with Gasteiger partial charge in [0.1, 0.15) is 5.75 Å². The number of benzene rings is 1. The van der Waals surface area contributed by atoms with Gasteiger partial charge in [0.25, 0.3) is 0 Å². The van der Waals surface area contributed by atoms with Crippen molar-refractivity contribution >= 4 is 11.8 Å². The minimum Gasteiger partial charge on any atom is -0.497 e. The van der Waals surface area contributed by atoms with Crippen molar-refractivity contribution in [2.24, 2.45) is 0 Å². The van der Waals surface area contributed by atoms with Crippen molar-refractivity contribution in [2.45, 2.75) is 19.4 Å². The maximum Gasteiger partial charge on any atom is 0.321 e. The number of carbonyl (C=O) groups excluding carboxylic acids is 1. The van der Waals surface area contributed by atoms with Crippen LogP contribution in [0.5, 0.6) is 5.75 Å². The number of hydrogen-bond donors (Lipinski definition) is 2. The molecule has 21 heavy (non-hydrogen) atoms. The molecule has 0 saturated carbocycles. The Morgan fingerprint density at radius 1 is 1.19 bits per heavy atom. The number of urea groups is 1. The molecule has 0 saturated heterocycles. The highest BCUT2D eigenvalue weighted by molar-refractivity contribution is 5.88. The molecule has 0 bridgehead atoms. The van der Waals surface area contributed by atoms with Crippen molar-refractivity contribution in [3.05, 3.63) is 48.4 Å². The maximum absolute atomic E-state index is 12.0. The van der Waals surface area contributed by atoms with Crippen molar-refractivity contribution in [3.63, 3.8) is 0 Å². The van der Waals surface area contributed by atoms with Crippen molar-refractivity contribution in [2.75, 3.05) is 12.4 Å². The fourth-order valence-electron chi connectivity index (χ4n) is 1.87. The molecule has 1 aromatic carbocycles. The summed E-state index contributed by atoms with van der Waals surface area (Å²) < 4.78 is 5.13. The molecule has 0 spiro atoms. The second-order valence-corrected chi connectivity index (χ2v) is 5.02. The zero-order valence-electron chi connectivity index (χ0n) is 12.3. The lowest BCUT2D eigenvalue weighted by molar-refractivity contribution is 0.241. The highest BCUT2D eigenvalue weighted by atomic mass is 16.5. The lowest BCUT2D eigenvalue weighted by Gasteiger charge is -2.27. The van der Waals surface area contributed by atoms with E-state index >= 15 is 0 Å². The molecule has 1 heterocycles. The van der Waals surface area contributed by atoms with E-state index in [4.69, 9.17) is 4.74 Å². The van der Waals surface area contributed by atoms with Crippen LogP contribution < -0.4 is 15.4 Å². The first-order valence-electron chi connectivity index (χ1n) is 6.51. The van der Waals surface area contributed by atoms with Crippen LogP contribution in [-0.2, 0) is 5.54 Å². The van der Waals surface area contributed by atoms with Crippen LogP contribution in [-0.4, -0.2) is 23.1 Å². The van der Waals surface area contributed by atoms with Crippen molar-refractivity contribution in [1.29, 1.82) is 0 Å². The summed E-state index contributed by atoms with van der Waals surface area (Å²) in [5, 5.41) is 5.54. The quantitative estimate of drug-likeness (QED) is 0.905. The van der Waals surface area contributed by atoms with Gasteiger partial charge < -0.3 is 10.1 Å². The molecule has 2 aromatic rings. The summed E-state index contributed by atoms with van der Waals surface area (Å²) in [5.74, 6) is 1.18. The van der Waals surface area contributed by atoms with Crippen LogP contribution in [0.3, 0.4) is 0 Å². The van der Waals surface area contributed by atoms with Crippen molar-refractivity contribution in [1.82, 2.24) is 15.3 Å². The third kappa shape index (κ3) is 3.92. The number of nitrogens with zero attached hydrogens (tertiary/aromatic N) is 2. The molecule has 6 heteroatoms. The molecule has 0 fully saturated rings. The number of nitrogens with one attached hydrogen (secondary N) is 2. The highest BCUT2D eigenvalue weighted by Gasteiger charge is 2.23. The highest BCUT2D eigenvalue weighted by Crippen LogP contribution is 2.22. The molecule has 0 aliphatic heterocycles. The minimum absolute atomic E-state index is 0.337. The van der Waals surface area contributed by atoms with Gasteiger partial charge in [-0.1, -0.05) is 12.1 Å². The van der Waals surface area contributed by atoms with Gasteiger partial charge in [0.2, 0.25) is 0 Å². The van der Waals surface area contributed by atoms with Crippen LogP contribution in [0.1, 0.15) is 19.4 Å². The third-order valence-electron chi connectivity index (χ3n) is 3.04. The van der Waals surface area contributed by atoms with Crippen LogP contribution in [0, 0.1) is 0 Å². The number of hydrogen-bond acceptors (Lipinski definition) is 4. The van der Waals surface area contributed by atoms with E-state index in [1.165, 1.54) is 12.4 Å². The summed E-state index contributed by atoms with van der Waals surface area (Å²) in [6, 6.07) is 7.22. The van der Waals surface area contributed by atoms with Gasteiger partial charge in [-0.15, -0.1) is 0 Å². The number of aromatic nitrogens is 2. The number of amides is 2. The fourth-order valence-corrected chi connectivity index (χ4v) is 1.87. The maximum atomic E-state index is 12.0. The average molecular weight is 286 g/mol. The molecule has 0 aliphatic rings. The molecule has 0 aliphatic carbocycles. The van der Waals surface area contributed by atoms with Crippen molar-refractivity contribution < 1.29 is 9.53 Å². The van der Waals surface area contributed by atoms with E-state index in [2.05, 4.69) is 20.6 Å². The first-order chi connectivity index (χ1) is 10.0. The summed E-state index contributed by atoms with van der Waals surface area (Å²) in [4.78, 5) is 19.9. The number of ether oxygens (including phenoxy) is 1. The Morgan fingerprint density at radius 2 is 1.90 bits per heavy atom. The smallest absolute Gasteiger partial charge is 0.321 e. The molecule has 0 radical (unpaired) electrons. The van der Waals surface area contributed by atoms with E-state index in [-0.39, 0.29) is 6.03 Å². The zero-order valence-corrected chi connectivity index (χ0v) is 12.3. The average Bonchev–Trinajstić information content (AvgIpc) is 2.47. The van der Waals surface area contributed by atoms with Crippen LogP contribution in [0.15, 0.2) is 42.9 Å². The standard InChI is InChI=1S/C15H18N4O2/c1-15(2,11-4-6-12(21-3)7-5-11)19-14(20)18-13-10-16-8-9-17-13/h4-10H,1-3H3,(H2,17,18,19,20). The van der Waals surface area contributed by atoms with E-state index in [0.29, 0.717) is 5.82 Å². The van der Waals surface area contributed by atoms with Crippen LogP contribution in [0.25, 0.3) is 0 Å².